The number of rotatable bonds is 6. The van der Waals surface area contributed by atoms with E-state index in [1.807, 2.05) is 0 Å². The fraction of sp³-hybridized carbons (Fsp3) is 0.667. The summed E-state index contributed by atoms with van der Waals surface area (Å²) in [5, 5.41) is 3.05. The Morgan fingerprint density at radius 1 is 1.47 bits per heavy atom. The monoisotopic (exact) mass is 285 g/mol. The maximum atomic E-state index is 11.3. The van der Waals surface area contributed by atoms with Crippen LogP contribution in [0.1, 0.15) is 25.0 Å². The van der Waals surface area contributed by atoms with Crippen molar-refractivity contribution in [1.29, 1.82) is 0 Å². The quantitative estimate of drug-likeness (QED) is 0.803. The Morgan fingerprint density at radius 2 is 2.16 bits per heavy atom. The molecule has 106 valence electrons. The second kappa shape index (κ2) is 4.96. The summed E-state index contributed by atoms with van der Waals surface area (Å²) < 4.78 is 22.7. The number of nitrogens with one attached hydrogen (secondary N) is 2. The lowest BCUT2D eigenvalue weighted by molar-refractivity contribution is 0.518. The van der Waals surface area contributed by atoms with Crippen LogP contribution in [0.2, 0.25) is 0 Å². The van der Waals surface area contributed by atoms with E-state index in [2.05, 4.69) is 15.3 Å². The second-order valence-corrected chi connectivity index (χ2v) is 7.62. The van der Waals surface area contributed by atoms with E-state index in [4.69, 9.17) is 0 Å². The van der Waals surface area contributed by atoms with Gasteiger partial charge in [-0.15, -0.1) is 0 Å². The topological polar surface area (TPSA) is 91.9 Å². The molecule has 6 nitrogen and oxygen atoms in total. The highest BCUT2D eigenvalue weighted by atomic mass is 32.2. The minimum Gasteiger partial charge on any atom is -0.356 e. The van der Waals surface area contributed by atoms with E-state index in [1.54, 1.807) is 6.92 Å². The van der Waals surface area contributed by atoms with Gasteiger partial charge in [0.15, 0.2) is 0 Å². The van der Waals surface area contributed by atoms with Gasteiger partial charge in [0.2, 0.25) is 5.95 Å². The van der Waals surface area contributed by atoms with Crippen molar-refractivity contribution in [3.05, 3.63) is 22.1 Å². The molecule has 1 saturated carbocycles. The number of hydrogen-bond donors (Lipinski definition) is 2. The Bertz CT molecular complexity index is 617. The molecule has 0 saturated heterocycles. The molecule has 0 bridgehead atoms. The molecule has 0 amide bonds. The van der Waals surface area contributed by atoms with Crippen molar-refractivity contribution in [3.63, 3.8) is 0 Å². The van der Waals surface area contributed by atoms with Gasteiger partial charge in [0.25, 0.3) is 5.56 Å². The lowest BCUT2D eigenvalue weighted by Crippen LogP contribution is -2.20. The van der Waals surface area contributed by atoms with Gasteiger partial charge < -0.3 is 5.32 Å². The lowest BCUT2D eigenvalue weighted by atomic mass is 10.1. The number of aromatic amines is 1. The molecule has 2 rings (SSSR count). The van der Waals surface area contributed by atoms with Gasteiger partial charge in [-0.25, -0.2) is 13.4 Å². The van der Waals surface area contributed by atoms with Gasteiger partial charge in [0.1, 0.15) is 9.84 Å². The van der Waals surface area contributed by atoms with Crippen LogP contribution in [-0.4, -0.2) is 36.9 Å². The van der Waals surface area contributed by atoms with Crippen LogP contribution >= 0.6 is 0 Å². The number of anilines is 1. The van der Waals surface area contributed by atoms with Gasteiger partial charge in [-0.05, 0) is 31.6 Å². The molecule has 0 aromatic carbocycles. The molecule has 1 aliphatic rings. The highest BCUT2D eigenvalue weighted by molar-refractivity contribution is 7.90. The van der Waals surface area contributed by atoms with Crippen LogP contribution in [0.25, 0.3) is 0 Å². The molecule has 7 heteroatoms. The summed E-state index contributed by atoms with van der Waals surface area (Å²) in [6.45, 7) is 2.37. The normalized spacial score (nSPS) is 17.2. The third kappa shape index (κ3) is 4.34. The largest absolute Gasteiger partial charge is 0.356 e. The predicted octanol–water partition coefficient (Wildman–Crippen LogP) is 0.705. The van der Waals surface area contributed by atoms with E-state index in [-0.39, 0.29) is 16.7 Å². The van der Waals surface area contributed by atoms with E-state index in [1.165, 1.54) is 12.3 Å². The molecule has 0 unspecified atom stereocenters. The average Bonchev–Trinajstić information content (AvgIpc) is 2.93. The summed E-state index contributed by atoms with van der Waals surface area (Å²) in [6, 6.07) is 1.43. The third-order valence-corrected chi connectivity index (χ3v) is 4.48. The van der Waals surface area contributed by atoms with Crippen LogP contribution in [-0.2, 0) is 9.84 Å². The molecular formula is C12H19N3O3S. The molecule has 1 heterocycles. The van der Waals surface area contributed by atoms with Gasteiger partial charge in [-0.3, -0.25) is 9.78 Å². The molecule has 2 N–H and O–H groups in total. The van der Waals surface area contributed by atoms with Crippen molar-refractivity contribution < 1.29 is 8.42 Å². The van der Waals surface area contributed by atoms with Crippen LogP contribution in [0, 0.1) is 12.3 Å². The Kier molecular flexibility index (Phi) is 3.66. The summed E-state index contributed by atoms with van der Waals surface area (Å²) in [5.74, 6) is 0.694. The number of H-pyrrole nitrogens is 1. The van der Waals surface area contributed by atoms with Gasteiger partial charge in [0, 0.05) is 24.6 Å². The predicted molar refractivity (Wildman–Crippen MR) is 74.1 cm³/mol. The zero-order valence-electron chi connectivity index (χ0n) is 11.2. The zero-order chi connectivity index (χ0) is 14.1. The van der Waals surface area contributed by atoms with E-state index >= 15 is 0 Å². The third-order valence-electron chi connectivity index (χ3n) is 3.34. The molecule has 1 fully saturated rings. The maximum absolute atomic E-state index is 11.3. The van der Waals surface area contributed by atoms with Gasteiger partial charge in [0.05, 0.1) is 5.75 Å². The van der Waals surface area contributed by atoms with Crippen molar-refractivity contribution in [2.45, 2.75) is 26.2 Å². The second-order valence-electron chi connectivity index (χ2n) is 5.48. The Balaban J connectivity index is 1.89. The van der Waals surface area contributed by atoms with Crippen molar-refractivity contribution >= 4 is 15.8 Å². The summed E-state index contributed by atoms with van der Waals surface area (Å²) in [7, 11) is -2.93. The molecule has 1 aromatic heterocycles. The highest BCUT2D eigenvalue weighted by Crippen LogP contribution is 2.49. The summed E-state index contributed by atoms with van der Waals surface area (Å²) in [4.78, 5) is 18.0. The van der Waals surface area contributed by atoms with E-state index in [0.29, 0.717) is 18.2 Å². The van der Waals surface area contributed by atoms with Gasteiger partial charge >= 0.3 is 0 Å². The maximum Gasteiger partial charge on any atom is 0.252 e. The molecule has 0 atom stereocenters. The van der Waals surface area contributed by atoms with Crippen molar-refractivity contribution in [3.8, 4) is 0 Å². The minimum atomic E-state index is -2.93. The fourth-order valence-electron chi connectivity index (χ4n) is 2.31. The number of aromatic nitrogens is 2. The van der Waals surface area contributed by atoms with Gasteiger partial charge in [-0.1, -0.05) is 0 Å². The van der Waals surface area contributed by atoms with Crippen LogP contribution in [0.15, 0.2) is 10.9 Å². The molecule has 0 spiro atoms. The smallest absolute Gasteiger partial charge is 0.252 e. The molecule has 19 heavy (non-hydrogen) atoms. The Hall–Kier alpha value is -1.37. The van der Waals surface area contributed by atoms with E-state index < -0.39 is 9.84 Å². The van der Waals surface area contributed by atoms with Crippen molar-refractivity contribution in [2.75, 3.05) is 23.9 Å². The first-order valence-electron chi connectivity index (χ1n) is 6.28. The van der Waals surface area contributed by atoms with Crippen LogP contribution in [0.4, 0.5) is 5.95 Å². The lowest BCUT2D eigenvalue weighted by Gasteiger charge is -2.14. The van der Waals surface area contributed by atoms with Crippen molar-refractivity contribution in [1.82, 2.24) is 9.97 Å². The number of aryl methyl sites for hydroxylation is 1. The average molecular weight is 285 g/mol. The first kappa shape index (κ1) is 14.0. The number of nitrogens with zero attached hydrogens (tertiary/aromatic N) is 1. The first-order chi connectivity index (χ1) is 8.78. The summed E-state index contributed by atoms with van der Waals surface area (Å²) >= 11 is 0. The van der Waals surface area contributed by atoms with Crippen molar-refractivity contribution in [2.24, 2.45) is 5.41 Å². The minimum absolute atomic E-state index is 0.0648. The Morgan fingerprint density at radius 3 is 2.68 bits per heavy atom. The van der Waals surface area contributed by atoms with E-state index in [9.17, 15) is 13.2 Å². The standard InChI is InChI=1S/C12H19N3O3S/c1-9-7-10(16)15-11(14-9)13-6-5-12(3-4-12)8-19(2,17)18/h7H,3-6,8H2,1-2H3,(H2,13,14,15,16). The highest BCUT2D eigenvalue weighted by Gasteiger charge is 2.44. The molecule has 0 radical (unpaired) electrons. The molecule has 1 aromatic rings. The van der Waals surface area contributed by atoms with E-state index in [0.717, 1.165) is 19.3 Å². The Labute approximate surface area is 112 Å². The first-order valence-corrected chi connectivity index (χ1v) is 8.34. The van der Waals surface area contributed by atoms with Crippen LogP contribution < -0.4 is 10.9 Å². The SMILES string of the molecule is Cc1cc(=O)[nH]c(NCCC2(CS(C)(=O)=O)CC2)n1. The summed E-state index contributed by atoms with van der Waals surface area (Å²) in [5.41, 5.74) is 0.404. The summed E-state index contributed by atoms with van der Waals surface area (Å²) in [6.07, 6.45) is 3.97. The molecule has 0 aliphatic heterocycles. The number of hydrogen-bond acceptors (Lipinski definition) is 5. The van der Waals surface area contributed by atoms with Gasteiger partial charge in [-0.2, -0.15) is 0 Å². The molecule has 1 aliphatic carbocycles. The number of sulfone groups is 1. The fourth-order valence-corrected chi connectivity index (χ4v) is 3.85. The molecular weight excluding hydrogens is 266 g/mol. The van der Waals surface area contributed by atoms with Crippen LogP contribution in [0.3, 0.4) is 0 Å². The zero-order valence-corrected chi connectivity index (χ0v) is 12.0. The van der Waals surface area contributed by atoms with Crippen LogP contribution in [0.5, 0.6) is 0 Å².